The van der Waals surface area contributed by atoms with Gasteiger partial charge < -0.3 is 14.8 Å². The maximum absolute atomic E-state index is 12.6. The molecule has 0 radical (unpaired) electrons. The number of nitrogens with zero attached hydrogens (tertiary/aromatic N) is 1. The second kappa shape index (κ2) is 9.35. The van der Waals surface area contributed by atoms with Crippen LogP contribution in [0, 0.1) is 11.3 Å². The molecule has 1 N–H and O–H groups in total. The Hall–Kier alpha value is -3.17. The average molecular weight is 352 g/mol. The fourth-order valence-electron chi connectivity index (χ4n) is 2.56. The van der Waals surface area contributed by atoms with Crippen LogP contribution in [0.5, 0.6) is 0 Å². The van der Waals surface area contributed by atoms with Crippen LogP contribution in [-0.2, 0) is 25.5 Å². The van der Waals surface area contributed by atoms with Crippen molar-refractivity contribution >= 4 is 11.9 Å². The number of nitrogens with one attached hydrogen (secondary N) is 1. The molecule has 0 aromatic heterocycles. The lowest BCUT2D eigenvalue weighted by atomic mass is 10.0. The Morgan fingerprint density at radius 2 is 1.73 bits per heavy atom. The number of esters is 1. The lowest BCUT2D eigenvalue weighted by Crippen LogP contribution is -2.45. The zero-order valence-corrected chi connectivity index (χ0v) is 14.6. The minimum Gasteiger partial charge on any atom is -0.467 e. The monoisotopic (exact) mass is 352 g/mol. The van der Waals surface area contributed by atoms with Gasteiger partial charge in [-0.2, -0.15) is 5.26 Å². The van der Waals surface area contributed by atoms with Gasteiger partial charge in [0.25, 0.3) is 5.91 Å². The number of carbonyl (C=O) groups excluding carboxylic acids is 2. The highest BCUT2D eigenvalue weighted by atomic mass is 16.5. The van der Waals surface area contributed by atoms with Gasteiger partial charge in [-0.15, -0.1) is 0 Å². The maximum atomic E-state index is 12.6. The smallest absolute Gasteiger partial charge is 0.328 e. The molecule has 2 rings (SSSR count). The Bertz CT molecular complexity index is 782. The van der Waals surface area contributed by atoms with Crippen molar-refractivity contribution < 1.29 is 19.1 Å². The summed E-state index contributed by atoms with van der Waals surface area (Å²) < 4.78 is 10.1. The highest BCUT2D eigenvalue weighted by molar-refractivity contribution is 5.87. The summed E-state index contributed by atoms with van der Waals surface area (Å²) in [5, 5.41) is 11.5. The van der Waals surface area contributed by atoms with Crippen molar-refractivity contribution in [1.29, 1.82) is 5.26 Å². The summed E-state index contributed by atoms with van der Waals surface area (Å²) in [5.74, 6) is -0.978. The molecule has 6 heteroatoms. The van der Waals surface area contributed by atoms with Gasteiger partial charge >= 0.3 is 5.97 Å². The molecule has 0 aliphatic carbocycles. The number of benzene rings is 2. The first-order valence-corrected chi connectivity index (χ1v) is 8.04. The summed E-state index contributed by atoms with van der Waals surface area (Å²) in [6.45, 7) is 0. The Morgan fingerprint density at radius 1 is 1.08 bits per heavy atom. The number of hydrogen-bond acceptors (Lipinski definition) is 5. The van der Waals surface area contributed by atoms with Crippen LogP contribution in [0.4, 0.5) is 0 Å². The summed E-state index contributed by atoms with van der Waals surface area (Å²) in [7, 11) is 2.70. The van der Waals surface area contributed by atoms with Crippen molar-refractivity contribution in [3.63, 3.8) is 0 Å². The fourth-order valence-corrected chi connectivity index (χ4v) is 2.56. The normalized spacial score (nSPS) is 12.5. The number of nitriles is 1. The summed E-state index contributed by atoms with van der Waals surface area (Å²) in [4.78, 5) is 24.7. The lowest BCUT2D eigenvalue weighted by Gasteiger charge is -2.21. The molecule has 134 valence electrons. The third-order valence-electron chi connectivity index (χ3n) is 3.90. The van der Waals surface area contributed by atoms with Gasteiger partial charge in [0.15, 0.2) is 6.10 Å². The van der Waals surface area contributed by atoms with Crippen LogP contribution >= 0.6 is 0 Å². The molecule has 0 aliphatic rings. The summed E-state index contributed by atoms with van der Waals surface area (Å²) in [6, 6.07) is 17.0. The van der Waals surface area contributed by atoms with Gasteiger partial charge in [-0.1, -0.05) is 42.5 Å². The first kappa shape index (κ1) is 19.2. The number of methoxy groups -OCH3 is 2. The van der Waals surface area contributed by atoms with Gasteiger partial charge in [-0.3, -0.25) is 4.79 Å². The molecule has 6 nitrogen and oxygen atoms in total. The second-order valence-electron chi connectivity index (χ2n) is 5.62. The third-order valence-corrected chi connectivity index (χ3v) is 3.90. The largest absolute Gasteiger partial charge is 0.467 e. The molecule has 0 saturated carbocycles. The first-order valence-electron chi connectivity index (χ1n) is 8.04. The van der Waals surface area contributed by atoms with Crippen molar-refractivity contribution in [1.82, 2.24) is 5.32 Å². The van der Waals surface area contributed by atoms with E-state index < -0.39 is 24.0 Å². The highest BCUT2D eigenvalue weighted by Gasteiger charge is 2.27. The molecular formula is C20H20N2O4. The van der Waals surface area contributed by atoms with Gasteiger partial charge in [0.05, 0.1) is 18.7 Å². The topological polar surface area (TPSA) is 88.4 Å². The molecule has 0 unspecified atom stereocenters. The Morgan fingerprint density at radius 3 is 2.27 bits per heavy atom. The van der Waals surface area contributed by atoms with E-state index in [-0.39, 0.29) is 6.42 Å². The van der Waals surface area contributed by atoms with E-state index in [1.165, 1.54) is 14.2 Å². The average Bonchev–Trinajstić information content (AvgIpc) is 2.68. The molecule has 26 heavy (non-hydrogen) atoms. The van der Waals surface area contributed by atoms with Gasteiger partial charge in [0.1, 0.15) is 6.04 Å². The Balaban J connectivity index is 2.14. The standard InChI is InChI=1S/C20H20N2O4/c1-25-18(16-6-4-3-5-7-16)19(23)22-17(20(24)26-2)12-14-8-10-15(13-21)11-9-14/h3-11,17-18H,12H2,1-2H3,(H,22,23)/t17-,18+/m0/s1. The van der Waals surface area contributed by atoms with Crippen LogP contribution in [0.15, 0.2) is 54.6 Å². The molecule has 2 atom stereocenters. The van der Waals surface area contributed by atoms with Crippen molar-refractivity contribution in [3.8, 4) is 6.07 Å². The van der Waals surface area contributed by atoms with E-state index >= 15 is 0 Å². The van der Waals surface area contributed by atoms with Crippen LogP contribution in [0.3, 0.4) is 0 Å². The Labute approximate surface area is 152 Å². The van der Waals surface area contributed by atoms with Crippen LogP contribution in [0.2, 0.25) is 0 Å². The summed E-state index contributed by atoms with van der Waals surface area (Å²) in [6.07, 6.45) is -0.584. The van der Waals surface area contributed by atoms with Gasteiger partial charge in [-0.05, 0) is 23.3 Å². The number of carbonyl (C=O) groups is 2. The minimum atomic E-state index is -0.859. The van der Waals surface area contributed by atoms with Crippen LogP contribution in [-0.4, -0.2) is 32.1 Å². The second-order valence-corrected chi connectivity index (χ2v) is 5.62. The molecule has 0 saturated heterocycles. The number of rotatable bonds is 7. The van der Waals surface area contributed by atoms with E-state index in [4.69, 9.17) is 14.7 Å². The van der Waals surface area contributed by atoms with E-state index in [2.05, 4.69) is 5.32 Å². The summed E-state index contributed by atoms with van der Waals surface area (Å²) >= 11 is 0. The predicted octanol–water partition coefficient (Wildman–Crippen LogP) is 2.15. The molecule has 0 aliphatic heterocycles. The molecule has 0 spiro atoms. The van der Waals surface area contributed by atoms with E-state index in [0.29, 0.717) is 11.1 Å². The molecule has 1 amide bonds. The molecule has 0 bridgehead atoms. The van der Waals surface area contributed by atoms with Gasteiger partial charge in [0.2, 0.25) is 0 Å². The summed E-state index contributed by atoms with van der Waals surface area (Å²) in [5.41, 5.74) is 2.01. The minimum absolute atomic E-state index is 0.245. The zero-order valence-electron chi connectivity index (χ0n) is 14.6. The van der Waals surface area contributed by atoms with E-state index in [9.17, 15) is 9.59 Å². The maximum Gasteiger partial charge on any atom is 0.328 e. The molecule has 0 fully saturated rings. The van der Waals surface area contributed by atoms with Crippen LogP contribution in [0.1, 0.15) is 22.8 Å². The fraction of sp³-hybridized carbons (Fsp3) is 0.250. The van der Waals surface area contributed by atoms with Crippen LogP contribution in [0.25, 0.3) is 0 Å². The third kappa shape index (κ3) is 4.91. The highest BCUT2D eigenvalue weighted by Crippen LogP contribution is 2.17. The SMILES string of the molecule is COC(=O)[C@H](Cc1ccc(C#N)cc1)NC(=O)[C@H](OC)c1ccccc1. The van der Waals surface area contributed by atoms with Gasteiger partial charge in [0, 0.05) is 13.5 Å². The van der Waals surface area contributed by atoms with Crippen molar-refractivity contribution in [3.05, 3.63) is 71.3 Å². The van der Waals surface area contributed by atoms with E-state index in [1.54, 1.807) is 36.4 Å². The molecule has 2 aromatic carbocycles. The Kier molecular flexibility index (Phi) is 6.89. The first-order chi connectivity index (χ1) is 12.6. The van der Waals surface area contributed by atoms with E-state index in [0.717, 1.165) is 5.56 Å². The quantitative estimate of drug-likeness (QED) is 0.771. The van der Waals surface area contributed by atoms with Gasteiger partial charge in [-0.25, -0.2) is 4.79 Å². The lowest BCUT2D eigenvalue weighted by molar-refractivity contribution is -0.146. The zero-order chi connectivity index (χ0) is 18.9. The van der Waals surface area contributed by atoms with Crippen molar-refractivity contribution in [2.45, 2.75) is 18.6 Å². The van der Waals surface area contributed by atoms with Crippen LogP contribution < -0.4 is 5.32 Å². The number of amides is 1. The number of hydrogen-bond donors (Lipinski definition) is 1. The van der Waals surface area contributed by atoms with Crippen molar-refractivity contribution in [2.75, 3.05) is 14.2 Å². The van der Waals surface area contributed by atoms with E-state index in [1.807, 2.05) is 24.3 Å². The molecule has 2 aromatic rings. The molecule has 0 heterocycles. The molecular weight excluding hydrogens is 332 g/mol. The van der Waals surface area contributed by atoms with Crippen molar-refractivity contribution in [2.24, 2.45) is 0 Å². The predicted molar refractivity (Wildman–Crippen MR) is 95.0 cm³/mol. The number of ether oxygens (including phenoxy) is 2.